The number of halogens is 1. The van der Waals surface area contributed by atoms with Crippen molar-refractivity contribution in [1.82, 2.24) is 4.98 Å². The molecule has 6 heteroatoms. The number of anilines is 1. The van der Waals surface area contributed by atoms with Crippen molar-refractivity contribution in [3.63, 3.8) is 0 Å². The van der Waals surface area contributed by atoms with Gasteiger partial charge < -0.3 is 10.2 Å². The Labute approximate surface area is 126 Å². The smallest absolute Gasteiger partial charge is 0.268 e. The van der Waals surface area contributed by atoms with Crippen LogP contribution in [0.3, 0.4) is 0 Å². The van der Waals surface area contributed by atoms with E-state index in [9.17, 15) is 4.79 Å². The van der Waals surface area contributed by atoms with Gasteiger partial charge in [0.05, 0.1) is 17.6 Å². The van der Waals surface area contributed by atoms with Crippen LogP contribution in [-0.4, -0.2) is 22.7 Å². The molecule has 1 atom stereocenters. The maximum absolute atomic E-state index is 12.1. The number of amides is 1. The van der Waals surface area contributed by atoms with Gasteiger partial charge in [-0.25, -0.2) is 0 Å². The average molecular weight is 302 g/mol. The zero-order chi connectivity index (χ0) is 14.7. The van der Waals surface area contributed by atoms with Gasteiger partial charge in [0.25, 0.3) is 5.91 Å². The molecule has 0 spiro atoms. The van der Waals surface area contributed by atoms with E-state index in [4.69, 9.17) is 16.4 Å². The van der Waals surface area contributed by atoms with E-state index in [-0.39, 0.29) is 5.91 Å². The van der Waals surface area contributed by atoms with Gasteiger partial charge in [0.1, 0.15) is 0 Å². The molecule has 1 aromatic heterocycles. The number of hydrogen-bond donors (Lipinski definition) is 1. The van der Waals surface area contributed by atoms with Crippen molar-refractivity contribution in [2.45, 2.75) is 12.5 Å². The molecule has 1 aromatic carbocycles. The molecule has 5 nitrogen and oxygen atoms in total. The van der Waals surface area contributed by atoms with Crippen LogP contribution in [0, 0.1) is 0 Å². The first-order valence-electron chi connectivity index (χ1n) is 6.42. The quantitative estimate of drug-likeness (QED) is 0.948. The van der Waals surface area contributed by atoms with Crippen molar-refractivity contribution in [2.24, 2.45) is 5.16 Å². The number of carbonyl (C=O) groups is 1. The largest absolute Gasteiger partial charge is 0.382 e. The summed E-state index contributed by atoms with van der Waals surface area (Å²) in [5.74, 6) is -0.240. The molecule has 0 saturated carbocycles. The maximum Gasteiger partial charge on any atom is 0.268 e. The Morgan fingerprint density at radius 2 is 2.10 bits per heavy atom. The number of nitrogens with one attached hydrogen (secondary N) is 1. The molecule has 0 unspecified atom stereocenters. The highest BCUT2D eigenvalue weighted by Crippen LogP contribution is 2.19. The molecular formula is C15H12ClN3O2. The van der Waals surface area contributed by atoms with Gasteiger partial charge in [0.15, 0.2) is 0 Å². The molecule has 2 aromatic rings. The van der Waals surface area contributed by atoms with Crippen LogP contribution in [0.5, 0.6) is 0 Å². The van der Waals surface area contributed by atoms with Crippen molar-refractivity contribution in [2.75, 3.05) is 5.32 Å². The van der Waals surface area contributed by atoms with E-state index in [1.54, 1.807) is 36.7 Å². The van der Waals surface area contributed by atoms with Crippen LogP contribution < -0.4 is 5.32 Å². The van der Waals surface area contributed by atoms with Gasteiger partial charge in [-0.05, 0) is 29.8 Å². The van der Waals surface area contributed by atoms with Crippen LogP contribution in [0.15, 0.2) is 53.9 Å². The zero-order valence-corrected chi connectivity index (χ0v) is 11.7. The fraction of sp³-hybridized carbons (Fsp3) is 0.133. The number of rotatable bonds is 3. The van der Waals surface area contributed by atoms with Gasteiger partial charge in [-0.3, -0.25) is 9.78 Å². The first kappa shape index (κ1) is 13.6. The predicted octanol–water partition coefficient (Wildman–Crippen LogP) is 2.87. The second kappa shape index (κ2) is 5.93. The monoisotopic (exact) mass is 301 g/mol. The lowest BCUT2D eigenvalue weighted by atomic mass is 10.0. The molecule has 0 saturated heterocycles. The number of aromatic nitrogens is 1. The van der Waals surface area contributed by atoms with E-state index < -0.39 is 6.10 Å². The lowest BCUT2D eigenvalue weighted by molar-refractivity contribution is -0.125. The highest BCUT2D eigenvalue weighted by Gasteiger charge is 2.28. The summed E-state index contributed by atoms with van der Waals surface area (Å²) in [6.45, 7) is 0. The molecule has 3 rings (SSSR count). The van der Waals surface area contributed by atoms with E-state index in [2.05, 4.69) is 15.5 Å². The Balaban J connectivity index is 1.63. The van der Waals surface area contributed by atoms with E-state index in [1.165, 1.54) is 0 Å². The number of oxime groups is 1. The zero-order valence-electron chi connectivity index (χ0n) is 11.0. The Morgan fingerprint density at radius 1 is 1.29 bits per heavy atom. The summed E-state index contributed by atoms with van der Waals surface area (Å²) in [6, 6.07) is 10.8. The number of nitrogens with zero attached hydrogens (tertiary/aromatic N) is 2. The minimum absolute atomic E-state index is 0.240. The molecule has 0 aliphatic carbocycles. The standard InChI is InChI=1S/C15H12ClN3O2/c16-11-5-3-10(4-6-11)13-8-14(21-19-13)15(20)18-12-2-1-7-17-9-12/h1-7,9,14H,8H2,(H,18,20)/t14-/m1/s1. The molecule has 1 aliphatic heterocycles. The lowest BCUT2D eigenvalue weighted by Gasteiger charge is -2.08. The van der Waals surface area contributed by atoms with Gasteiger partial charge in [-0.2, -0.15) is 0 Å². The van der Waals surface area contributed by atoms with Gasteiger partial charge in [0, 0.05) is 17.6 Å². The van der Waals surface area contributed by atoms with Crippen LogP contribution in [0.4, 0.5) is 5.69 Å². The van der Waals surface area contributed by atoms with E-state index in [0.717, 1.165) is 11.3 Å². The summed E-state index contributed by atoms with van der Waals surface area (Å²) in [4.78, 5) is 21.2. The second-order valence-electron chi connectivity index (χ2n) is 4.57. The lowest BCUT2D eigenvalue weighted by Crippen LogP contribution is -2.28. The third kappa shape index (κ3) is 3.20. The van der Waals surface area contributed by atoms with Gasteiger partial charge >= 0.3 is 0 Å². The van der Waals surface area contributed by atoms with Crippen molar-refractivity contribution in [3.05, 3.63) is 59.4 Å². The Hall–Kier alpha value is -2.40. The highest BCUT2D eigenvalue weighted by molar-refractivity contribution is 6.30. The summed E-state index contributed by atoms with van der Waals surface area (Å²) in [5, 5.41) is 7.38. The van der Waals surface area contributed by atoms with Crippen LogP contribution in [0.1, 0.15) is 12.0 Å². The fourth-order valence-corrected chi connectivity index (χ4v) is 2.12. The topological polar surface area (TPSA) is 63.6 Å². The third-order valence-corrected chi connectivity index (χ3v) is 3.32. The molecule has 21 heavy (non-hydrogen) atoms. The van der Waals surface area contributed by atoms with Gasteiger partial charge in [0.2, 0.25) is 6.10 Å². The Morgan fingerprint density at radius 3 is 2.81 bits per heavy atom. The summed E-state index contributed by atoms with van der Waals surface area (Å²) in [7, 11) is 0. The molecule has 106 valence electrons. The fourth-order valence-electron chi connectivity index (χ4n) is 1.99. The SMILES string of the molecule is O=C(Nc1cccnc1)[C@H]1CC(c2ccc(Cl)cc2)=NO1. The molecule has 0 bridgehead atoms. The summed E-state index contributed by atoms with van der Waals surface area (Å²) < 4.78 is 0. The molecular weight excluding hydrogens is 290 g/mol. The molecule has 1 N–H and O–H groups in total. The number of hydrogen-bond acceptors (Lipinski definition) is 4. The Kier molecular flexibility index (Phi) is 3.83. The molecule has 0 fully saturated rings. The third-order valence-electron chi connectivity index (χ3n) is 3.07. The summed E-state index contributed by atoms with van der Waals surface area (Å²) >= 11 is 5.85. The number of benzene rings is 1. The van der Waals surface area contributed by atoms with Crippen molar-refractivity contribution >= 4 is 28.9 Å². The van der Waals surface area contributed by atoms with Gasteiger partial charge in [-0.15, -0.1) is 0 Å². The average Bonchev–Trinajstić information content (AvgIpc) is 2.99. The minimum Gasteiger partial charge on any atom is -0.382 e. The predicted molar refractivity (Wildman–Crippen MR) is 80.3 cm³/mol. The van der Waals surface area contributed by atoms with Crippen LogP contribution in [-0.2, 0) is 9.63 Å². The molecule has 1 amide bonds. The first-order valence-corrected chi connectivity index (χ1v) is 6.80. The Bertz CT molecular complexity index is 671. The molecule has 1 aliphatic rings. The molecule has 2 heterocycles. The van der Waals surface area contributed by atoms with E-state index in [1.807, 2.05) is 12.1 Å². The normalized spacial score (nSPS) is 17.0. The van der Waals surface area contributed by atoms with Crippen LogP contribution >= 0.6 is 11.6 Å². The van der Waals surface area contributed by atoms with Crippen molar-refractivity contribution in [1.29, 1.82) is 0 Å². The number of carbonyl (C=O) groups excluding carboxylic acids is 1. The second-order valence-corrected chi connectivity index (χ2v) is 5.01. The van der Waals surface area contributed by atoms with Crippen molar-refractivity contribution < 1.29 is 9.63 Å². The van der Waals surface area contributed by atoms with Gasteiger partial charge in [-0.1, -0.05) is 28.9 Å². The minimum atomic E-state index is -0.629. The summed E-state index contributed by atoms with van der Waals surface area (Å²) in [6.07, 6.45) is 3.02. The van der Waals surface area contributed by atoms with Crippen molar-refractivity contribution in [3.8, 4) is 0 Å². The first-order chi connectivity index (χ1) is 10.2. The highest BCUT2D eigenvalue weighted by atomic mass is 35.5. The summed E-state index contributed by atoms with van der Waals surface area (Å²) in [5.41, 5.74) is 2.26. The maximum atomic E-state index is 12.1. The van der Waals surface area contributed by atoms with E-state index in [0.29, 0.717) is 17.1 Å². The van der Waals surface area contributed by atoms with Crippen LogP contribution in [0.2, 0.25) is 5.02 Å². The number of pyridine rings is 1. The van der Waals surface area contributed by atoms with Crippen LogP contribution in [0.25, 0.3) is 0 Å². The molecule has 0 radical (unpaired) electrons. The van der Waals surface area contributed by atoms with E-state index >= 15 is 0 Å².